The second-order valence-corrected chi connectivity index (χ2v) is 13.6. The van der Waals surface area contributed by atoms with E-state index in [1.165, 1.54) is 51.8 Å². The lowest BCUT2D eigenvalue weighted by Crippen LogP contribution is -2.36. The van der Waals surface area contributed by atoms with Crippen LogP contribution in [0.1, 0.15) is 66.0 Å². The first-order valence-corrected chi connectivity index (χ1v) is 16.7. The molecule has 5 aliphatic rings. The second-order valence-electron chi connectivity index (χ2n) is 13.6. The van der Waals surface area contributed by atoms with Crippen molar-refractivity contribution in [1.82, 2.24) is 9.97 Å². The van der Waals surface area contributed by atoms with Crippen LogP contribution in [-0.2, 0) is 19.4 Å². The number of hydrogen-bond donors (Lipinski definition) is 0. The van der Waals surface area contributed by atoms with Crippen LogP contribution >= 0.6 is 0 Å². The lowest BCUT2D eigenvalue weighted by molar-refractivity contribution is 0.162. The first kappa shape index (κ1) is 25.6. The van der Waals surface area contributed by atoms with Gasteiger partial charge in [-0.1, -0.05) is 73.3 Å². The molecule has 1 saturated carbocycles. The highest BCUT2D eigenvalue weighted by molar-refractivity contribution is 5.95. The Morgan fingerprint density at radius 1 is 0.822 bits per heavy atom. The van der Waals surface area contributed by atoms with Gasteiger partial charge in [0.25, 0.3) is 0 Å². The molecule has 45 heavy (non-hydrogen) atoms. The van der Waals surface area contributed by atoms with E-state index >= 15 is 0 Å². The Balaban J connectivity index is 1.26. The number of allylic oxidation sites excluding steroid dienone is 7. The second kappa shape index (κ2) is 9.65. The van der Waals surface area contributed by atoms with Gasteiger partial charge in [-0.15, -0.1) is 0 Å². The van der Waals surface area contributed by atoms with Crippen LogP contribution in [-0.4, -0.2) is 9.97 Å². The highest BCUT2D eigenvalue weighted by atomic mass is 16.3. The van der Waals surface area contributed by atoms with Gasteiger partial charge in [0.05, 0.1) is 17.8 Å². The molecule has 220 valence electrons. The van der Waals surface area contributed by atoms with Gasteiger partial charge in [-0.25, -0.2) is 9.97 Å². The zero-order valence-corrected chi connectivity index (χ0v) is 25.4. The molecular formula is C41H35N3O. The van der Waals surface area contributed by atoms with E-state index in [1.54, 1.807) is 0 Å². The molecule has 3 heterocycles. The van der Waals surface area contributed by atoms with Crippen LogP contribution < -0.4 is 4.90 Å². The van der Waals surface area contributed by atoms with Crippen LogP contribution in [0.2, 0.25) is 0 Å². The lowest BCUT2D eigenvalue weighted by Gasteiger charge is -2.45. The van der Waals surface area contributed by atoms with E-state index in [1.807, 2.05) is 0 Å². The zero-order valence-electron chi connectivity index (χ0n) is 25.4. The number of anilines is 1. The normalized spacial score (nSPS) is 23.2. The third kappa shape index (κ3) is 3.84. The van der Waals surface area contributed by atoms with Crippen LogP contribution in [0.25, 0.3) is 38.8 Å². The van der Waals surface area contributed by atoms with Gasteiger partial charge in [0.1, 0.15) is 11.3 Å². The summed E-state index contributed by atoms with van der Waals surface area (Å²) in [6.45, 7) is 5.48. The summed E-state index contributed by atoms with van der Waals surface area (Å²) >= 11 is 0. The third-order valence-corrected chi connectivity index (χ3v) is 11.3. The molecule has 10 rings (SSSR count). The maximum absolute atomic E-state index is 6.86. The highest BCUT2D eigenvalue weighted by Crippen LogP contribution is 2.53. The maximum Gasteiger partial charge on any atom is 0.230 e. The van der Waals surface area contributed by atoms with Crippen LogP contribution in [0, 0.1) is 11.8 Å². The average Bonchev–Trinajstić information content (AvgIpc) is 3.42. The summed E-state index contributed by atoms with van der Waals surface area (Å²) in [5, 5.41) is 2.36. The fourth-order valence-electron chi connectivity index (χ4n) is 8.54. The predicted octanol–water partition coefficient (Wildman–Crippen LogP) is 9.85. The molecule has 0 saturated heterocycles. The van der Waals surface area contributed by atoms with Gasteiger partial charge < -0.3 is 9.32 Å². The minimum atomic E-state index is 0.221. The predicted molar refractivity (Wildman–Crippen MR) is 182 cm³/mol. The number of rotatable bonds is 2. The molecule has 0 spiro atoms. The topological polar surface area (TPSA) is 42.2 Å². The smallest absolute Gasteiger partial charge is 0.230 e. The number of fused-ring (bicyclic) bond motifs is 8. The van der Waals surface area contributed by atoms with Crippen LogP contribution in [0.15, 0.2) is 107 Å². The summed E-state index contributed by atoms with van der Waals surface area (Å²) in [5.41, 5.74) is 13.3. The minimum Gasteiger partial charge on any atom is -0.456 e. The summed E-state index contributed by atoms with van der Waals surface area (Å²) in [4.78, 5) is 13.3. The number of aromatic nitrogens is 2. The third-order valence-electron chi connectivity index (χ3n) is 11.3. The van der Waals surface area contributed by atoms with Gasteiger partial charge in [-0.2, -0.15) is 0 Å². The molecule has 4 aliphatic carbocycles. The molecule has 0 N–H and O–H groups in total. The molecule has 1 aliphatic heterocycles. The van der Waals surface area contributed by atoms with E-state index in [9.17, 15) is 0 Å². The van der Waals surface area contributed by atoms with Crippen molar-refractivity contribution in [3.05, 3.63) is 131 Å². The largest absolute Gasteiger partial charge is 0.456 e. The van der Waals surface area contributed by atoms with Gasteiger partial charge in [-0.05, 0) is 103 Å². The van der Waals surface area contributed by atoms with Crippen molar-refractivity contribution in [3.63, 3.8) is 0 Å². The van der Waals surface area contributed by atoms with Crippen molar-refractivity contribution in [2.75, 3.05) is 4.90 Å². The van der Waals surface area contributed by atoms with Crippen molar-refractivity contribution >= 4 is 33.4 Å². The quantitative estimate of drug-likeness (QED) is 0.207. The Morgan fingerprint density at radius 3 is 2.44 bits per heavy atom. The number of para-hydroxylation sites is 1. The molecule has 4 nitrogen and oxygen atoms in total. The molecule has 4 heteroatoms. The van der Waals surface area contributed by atoms with Gasteiger partial charge in [0.2, 0.25) is 5.95 Å². The van der Waals surface area contributed by atoms with Crippen LogP contribution in [0.3, 0.4) is 0 Å². The van der Waals surface area contributed by atoms with Gasteiger partial charge in [0.15, 0.2) is 0 Å². The summed E-state index contributed by atoms with van der Waals surface area (Å²) in [7, 11) is 0. The van der Waals surface area contributed by atoms with E-state index in [0.29, 0.717) is 12.5 Å². The Labute approximate surface area is 263 Å². The Morgan fingerprint density at radius 2 is 1.62 bits per heavy atom. The van der Waals surface area contributed by atoms with Crippen molar-refractivity contribution in [3.8, 4) is 11.3 Å². The molecule has 5 aromatic rings. The van der Waals surface area contributed by atoms with Crippen LogP contribution in [0.5, 0.6) is 0 Å². The maximum atomic E-state index is 6.86. The molecule has 0 radical (unpaired) electrons. The standard InChI is InChI=1S/C41H35N3O/c1-24-30-11-5-6-12-31(30)40-35(34-20-27-16-18-29(27)22-38(34)45-40)23-44(37-21-28-17-15-26(28)19-33(24)37)41-42-36-14-8-7-13-32(36)39(43-41)25-9-3-2-4-10-25/h2-9,11-14,20,22,25-26,28H,1,10,15-19,21,23H2. The summed E-state index contributed by atoms with van der Waals surface area (Å²) in [5.74, 6) is 3.42. The van der Waals surface area contributed by atoms with E-state index < -0.39 is 0 Å². The number of nitrogens with zero attached hydrogens (tertiary/aromatic N) is 3. The number of benzene rings is 3. The van der Waals surface area contributed by atoms with Gasteiger partial charge in [0, 0.05) is 33.5 Å². The Bertz CT molecular complexity index is 2180. The number of aryl methyl sites for hydroxylation is 2. The van der Waals surface area contributed by atoms with E-state index in [-0.39, 0.29) is 5.92 Å². The van der Waals surface area contributed by atoms with E-state index in [0.717, 1.165) is 83.0 Å². The molecule has 3 aromatic carbocycles. The molecule has 2 aromatic heterocycles. The molecule has 1 fully saturated rings. The van der Waals surface area contributed by atoms with Crippen molar-refractivity contribution < 1.29 is 4.42 Å². The van der Waals surface area contributed by atoms with Crippen LogP contribution in [0.4, 0.5) is 5.95 Å². The highest BCUT2D eigenvalue weighted by Gasteiger charge is 2.41. The monoisotopic (exact) mass is 585 g/mol. The average molecular weight is 586 g/mol. The SMILES string of the molecule is C=C1C2=C(CC3CCC3C2)N(c2nc(C3C=CC=CC3)c3ccccc3n2)Cc2c(oc3cc4c(cc23)CC4)-c2ccccc21. The van der Waals surface area contributed by atoms with Crippen molar-refractivity contribution in [1.29, 1.82) is 0 Å². The number of furan rings is 1. The first-order chi connectivity index (χ1) is 22.2. The Hall–Kier alpha value is -4.70. The fourth-order valence-corrected chi connectivity index (χ4v) is 8.54. The lowest BCUT2D eigenvalue weighted by atomic mass is 9.64. The van der Waals surface area contributed by atoms with Crippen molar-refractivity contribution in [2.24, 2.45) is 11.8 Å². The minimum absolute atomic E-state index is 0.221. The molecule has 0 bridgehead atoms. The Kier molecular flexibility index (Phi) is 5.49. The van der Waals surface area contributed by atoms with E-state index in [2.05, 4.69) is 89.9 Å². The summed E-state index contributed by atoms with van der Waals surface area (Å²) < 4.78 is 6.86. The number of hydrogen-bond acceptors (Lipinski definition) is 4. The van der Waals surface area contributed by atoms with Gasteiger partial charge in [-0.3, -0.25) is 0 Å². The van der Waals surface area contributed by atoms with Crippen molar-refractivity contribution in [2.45, 2.75) is 57.4 Å². The molecular weight excluding hydrogens is 550 g/mol. The fraction of sp³-hybridized carbons (Fsp3) is 0.268. The first-order valence-electron chi connectivity index (χ1n) is 16.7. The van der Waals surface area contributed by atoms with E-state index in [4.69, 9.17) is 21.0 Å². The summed E-state index contributed by atoms with van der Waals surface area (Å²) in [6.07, 6.45) is 16.8. The molecule has 0 amide bonds. The van der Waals surface area contributed by atoms with Gasteiger partial charge >= 0.3 is 0 Å². The summed E-state index contributed by atoms with van der Waals surface area (Å²) in [6, 6.07) is 22.0. The molecule has 3 unspecified atom stereocenters. The zero-order chi connectivity index (χ0) is 29.6. The molecule has 3 atom stereocenters.